The third-order valence-electron chi connectivity index (χ3n) is 3.47. The van der Waals surface area contributed by atoms with Gasteiger partial charge in [-0.25, -0.2) is 0 Å². The number of rotatable bonds is 3. The van der Waals surface area contributed by atoms with Crippen molar-refractivity contribution in [3.8, 4) is 11.5 Å². The molecule has 0 saturated carbocycles. The number of fused-ring (bicyclic) bond motifs is 1. The fourth-order valence-corrected chi connectivity index (χ4v) is 2.80. The van der Waals surface area contributed by atoms with Gasteiger partial charge in [-0.3, -0.25) is 0 Å². The SMILES string of the molecule is CC1OCCC1NCc1cc2c(cc1Br)OCO2. The first-order chi connectivity index (χ1) is 8.74. The number of halogens is 1. The van der Waals surface area contributed by atoms with Gasteiger partial charge in [0.05, 0.1) is 6.10 Å². The maximum absolute atomic E-state index is 5.54. The highest BCUT2D eigenvalue weighted by Gasteiger charge is 2.24. The van der Waals surface area contributed by atoms with E-state index in [2.05, 4.69) is 28.2 Å². The second-order valence-corrected chi connectivity index (χ2v) is 5.50. The molecule has 0 spiro atoms. The van der Waals surface area contributed by atoms with Crippen LogP contribution in [0.25, 0.3) is 0 Å². The lowest BCUT2D eigenvalue weighted by atomic mass is 10.1. The van der Waals surface area contributed by atoms with E-state index in [1.54, 1.807) is 0 Å². The summed E-state index contributed by atoms with van der Waals surface area (Å²) < 4.78 is 17.3. The number of benzene rings is 1. The topological polar surface area (TPSA) is 39.7 Å². The van der Waals surface area contributed by atoms with Gasteiger partial charge < -0.3 is 19.5 Å². The van der Waals surface area contributed by atoms with Crippen LogP contribution in [-0.4, -0.2) is 25.5 Å². The molecule has 2 unspecified atom stereocenters. The van der Waals surface area contributed by atoms with Crippen LogP contribution in [0.2, 0.25) is 0 Å². The maximum atomic E-state index is 5.54. The lowest BCUT2D eigenvalue weighted by Gasteiger charge is -2.16. The standard InChI is InChI=1S/C13H16BrNO3/c1-8-11(2-3-16-8)15-6-9-4-12-13(5-10(9)14)18-7-17-12/h4-5,8,11,15H,2-3,6-7H2,1H3. The highest BCUT2D eigenvalue weighted by molar-refractivity contribution is 9.10. The molecule has 2 atom stereocenters. The summed E-state index contributed by atoms with van der Waals surface area (Å²) in [5.41, 5.74) is 1.18. The Morgan fingerprint density at radius 3 is 2.83 bits per heavy atom. The third kappa shape index (κ3) is 2.35. The minimum atomic E-state index is 0.290. The van der Waals surface area contributed by atoms with Crippen LogP contribution in [0, 0.1) is 0 Å². The van der Waals surface area contributed by atoms with E-state index in [1.165, 1.54) is 5.56 Å². The molecular weight excluding hydrogens is 298 g/mol. The molecule has 0 amide bonds. The van der Waals surface area contributed by atoms with E-state index in [4.69, 9.17) is 14.2 Å². The number of nitrogens with one attached hydrogen (secondary N) is 1. The summed E-state index contributed by atoms with van der Waals surface area (Å²) in [6.45, 7) is 4.07. The molecule has 1 aromatic carbocycles. The molecule has 3 rings (SSSR count). The van der Waals surface area contributed by atoms with Gasteiger partial charge in [-0.2, -0.15) is 0 Å². The summed E-state index contributed by atoms with van der Waals surface area (Å²) in [7, 11) is 0. The van der Waals surface area contributed by atoms with Crippen molar-refractivity contribution in [2.75, 3.05) is 13.4 Å². The third-order valence-corrected chi connectivity index (χ3v) is 4.21. The molecule has 0 aromatic heterocycles. The zero-order chi connectivity index (χ0) is 12.5. The Labute approximate surface area is 115 Å². The van der Waals surface area contributed by atoms with Crippen molar-refractivity contribution in [1.82, 2.24) is 5.32 Å². The minimum absolute atomic E-state index is 0.290. The summed E-state index contributed by atoms with van der Waals surface area (Å²) in [5, 5.41) is 3.53. The lowest BCUT2D eigenvalue weighted by molar-refractivity contribution is 0.113. The van der Waals surface area contributed by atoms with Gasteiger partial charge in [-0.1, -0.05) is 15.9 Å². The van der Waals surface area contributed by atoms with Crippen LogP contribution in [0.3, 0.4) is 0 Å². The number of hydrogen-bond acceptors (Lipinski definition) is 4. The zero-order valence-electron chi connectivity index (χ0n) is 10.2. The van der Waals surface area contributed by atoms with Gasteiger partial charge in [-0.05, 0) is 31.0 Å². The molecule has 0 aliphatic carbocycles. The van der Waals surface area contributed by atoms with E-state index < -0.39 is 0 Å². The van der Waals surface area contributed by atoms with Crippen LogP contribution < -0.4 is 14.8 Å². The Bertz CT molecular complexity index is 452. The molecule has 5 heteroatoms. The van der Waals surface area contributed by atoms with Crippen molar-refractivity contribution in [3.63, 3.8) is 0 Å². The molecule has 98 valence electrons. The summed E-state index contributed by atoms with van der Waals surface area (Å²) in [4.78, 5) is 0. The van der Waals surface area contributed by atoms with E-state index in [1.807, 2.05) is 12.1 Å². The Morgan fingerprint density at radius 2 is 2.11 bits per heavy atom. The fraction of sp³-hybridized carbons (Fsp3) is 0.538. The molecule has 2 heterocycles. The van der Waals surface area contributed by atoms with E-state index in [-0.39, 0.29) is 6.10 Å². The first kappa shape index (κ1) is 12.3. The number of hydrogen-bond donors (Lipinski definition) is 1. The summed E-state index contributed by atoms with van der Waals surface area (Å²) >= 11 is 3.57. The van der Waals surface area contributed by atoms with E-state index in [0.717, 1.165) is 35.5 Å². The average Bonchev–Trinajstić information content (AvgIpc) is 2.95. The van der Waals surface area contributed by atoms with Crippen molar-refractivity contribution < 1.29 is 14.2 Å². The Morgan fingerprint density at radius 1 is 1.33 bits per heavy atom. The van der Waals surface area contributed by atoms with Crippen LogP contribution in [0.15, 0.2) is 16.6 Å². The molecule has 1 N–H and O–H groups in total. The van der Waals surface area contributed by atoms with Crippen LogP contribution in [0.1, 0.15) is 18.9 Å². The van der Waals surface area contributed by atoms with Gasteiger partial charge in [0.25, 0.3) is 0 Å². The lowest BCUT2D eigenvalue weighted by Crippen LogP contribution is -2.34. The van der Waals surface area contributed by atoms with E-state index >= 15 is 0 Å². The normalized spacial score (nSPS) is 25.7. The molecule has 1 fully saturated rings. The largest absolute Gasteiger partial charge is 0.454 e. The van der Waals surface area contributed by atoms with Crippen LogP contribution in [0.5, 0.6) is 11.5 Å². The second-order valence-electron chi connectivity index (χ2n) is 4.65. The Hall–Kier alpha value is -0.780. The van der Waals surface area contributed by atoms with E-state index in [9.17, 15) is 0 Å². The molecule has 2 aliphatic heterocycles. The van der Waals surface area contributed by atoms with Crippen molar-refractivity contribution >= 4 is 15.9 Å². The van der Waals surface area contributed by atoms with Gasteiger partial charge in [0.2, 0.25) is 6.79 Å². The predicted molar refractivity (Wildman–Crippen MR) is 70.9 cm³/mol. The fourth-order valence-electron chi connectivity index (χ4n) is 2.34. The molecule has 1 aromatic rings. The first-order valence-electron chi connectivity index (χ1n) is 6.17. The highest BCUT2D eigenvalue weighted by atomic mass is 79.9. The van der Waals surface area contributed by atoms with Crippen LogP contribution in [-0.2, 0) is 11.3 Å². The van der Waals surface area contributed by atoms with Crippen molar-refractivity contribution in [2.45, 2.75) is 32.0 Å². The predicted octanol–water partition coefficient (Wildman–Crippen LogP) is 2.44. The molecule has 18 heavy (non-hydrogen) atoms. The quantitative estimate of drug-likeness (QED) is 0.930. The molecule has 0 radical (unpaired) electrons. The van der Waals surface area contributed by atoms with Gasteiger partial charge in [0.1, 0.15) is 0 Å². The van der Waals surface area contributed by atoms with Crippen LogP contribution in [0.4, 0.5) is 0 Å². The monoisotopic (exact) mass is 313 g/mol. The molecule has 4 nitrogen and oxygen atoms in total. The zero-order valence-corrected chi connectivity index (χ0v) is 11.8. The van der Waals surface area contributed by atoms with Crippen LogP contribution >= 0.6 is 15.9 Å². The average molecular weight is 314 g/mol. The molecule has 0 bridgehead atoms. The second kappa shape index (κ2) is 5.07. The highest BCUT2D eigenvalue weighted by Crippen LogP contribution is 2.36. The molecule has 1 saturated heterocycles. The van der Waals surface area contributed by atoms with Crippen molar-refractivity contribution in [3.05, 3.63) is 22.2 Å². The first-order valence-corrected chi connectivity index (χ1v) is 6.96. The molecule has 2 aliphatic rings. The summed E-state index contributed by atoms with van der Waals surface area (Å²) in [6.07, 6.45) is 1.36. The Kier molecular flexibility index (Phi) is 3.46. The van der Waals surface area contributed by atoms with Gasteiger partial charge >= 0.3 is 0 Å². The van der Waals surface area contributed by atoms with Crippen molar-refractivity contribution in [1.29, 1.82) is 0 Å². The molecular formula is C13H16BrNO3. The summed E-state index contributed by atoms with van der Waals surface area (Å²) in [5.74, 6) is 1.63. The van der Waals surface area contributed by atoms with Gasteiger partial charge in [0.15, 0.2) is 11.5 Å². The Balaban J connectivity index is 1.69. The number of ether oxygens (including phenoxy) is 3. The smallest absolute Gasteiger partial charge is 0.231 e. The maximum Gasteiger partial charge on any atom is 0.231 e. The minimum Gasteiger partial charge on any atom is -0.454 e. The van der Waals surface area contributed by atoms with Gasteiger partial charge in [0, 0.05) is 23.7 Å². The summed E-state index contributed by atoms with van der Waals surface area (Å²) in [6, 6.07) is 4.43. The van der Waals surface area contributed by atoms with Crippen molar-refractivity contribution in [2.24, 2.45) is 0 Å². The van der Waals surface area contributed by atoms with Gasteiger partial charge in [-0.15, -0.1) is 0 Å². The van der Waals surface area contributed by atoms with E-state index in [0.29, 0.717) is 12.8 Å².